The van der Waals surface area contributed by atoms with Gasteiger partial charge in [0.1, 0.15) is 6.54 Å². The fraction of sp³-hybridized carbons (Fsp3) is 0.588. The van der Waals surface area contributed by atoms with Crippen molar-refractivity contribution < 1.29 is 18.0 Å². The Labute approximate surface area is 135 Å². The van der Waals surface area contributed by atoms with Crippen LogP contribution in [0.2, 0.25) is 0 Å². The van der Waals surface area contributed by atoms with Crippen LogP contribution in [0.3, 0.4) is 0 Å². The number of nitrogens with one attached hydrogen (secondary N) is 1. The first-order chi connectivity index (χ1) is 10.6. The number of halogens is 3. The topological polar surface area (TPSA) is 32.3 Å². The van der Waals surface area contributed by atoms with E-state index in [9.17, 15) is 18.0 Å². The number of hydrogen-bond donors (Lipinski definition) is 1. The van der Waals surface area contributed by atoms with Crippen LogP contribution < -0.4 is 5.32 Å². The van der Waals surface area contributed by atoms with Gasteiger partial charge in [0, 0.05) is 13.1 Å². The number of benzene rings is 1. The molecule has 1 aromatic rings. The molecule has 1 rings (SSSR count). The summed E-state index contributed by atoms with van der Waals surface area (Å²) in [5.74, 6) is -0.360. The number of rotatable bonds is 7. The molecule has 0 saturated heterocycles. The van der Waals surface area contributed by atoms with Crippen LogP contribution in [0.15, 0.2) is 24.3 Å². The maximum absolute atomic E-state index is 12.3. The molecule has 0 spiro atoms. The largest absolute Gasteiger partial charge is 0.406 e. The van der Waals surface area contributed by atoms with Gasteiger partial charge < -0.3 is 10.2 Å². The van der Waals surface area contributed by atoms with Gasteiger partial charge in [-0.25, -0.2) is 0 Å². The maximum Gasteiger partial charge on any atom is 0.406 e. The predicted molar refractivity (Wildman–Crippen MR) is 85.1 cm³/mol. The van der Waals surface area contributed by atoms with Crippen LogP contribution in [0, 0.1) is 5.92 Å². The first kappa shape index (κ1) is 19.5. The third-order valence-electron chi connectivity index (χ3n) is 3.73. The quantitative estimate of drug-likeness (QED) is 0.829. The lowest BCUT2D eigenvalue weighted by Crippen LogP contribution is -2.42. The van der Waals surface area contributed by atoms with Crippen molar-refractivity contribution in [3.63, 3.8) is 0 Å². The van der Waals surface area contributed by atoms with Crippen LogP contribution in [0.4, 0.5) is 13.2 Å². The van der Waals surface area contributed by atoms with Crippen molar-refractivity contribution in [2.75, 3.05) is 20.1 Å². The molecule has 3 nitrogen and oxygen atoms in total. The molecule has 23 heavy (non-hydrogen) atoms. The highest BCUT2D eigenvalue weighted by Gasteiger charge is 2.31. The lowest BCUT2D eigenvalue weighted by molar-refractivity contribution is -0.157. The van der Waals surface area contributed by atoms with E-state index in [1.165, 1.54) is 5.56 Å². The van der Waals surface area contributed by atoms with Gasteiger partial charge in [-0.2, -0.15) is 13.2 Å². The van der Waals surface area contributed by atoms with Gasteiger partial charge in [-0.05, 0) is 23.5 Å². The summed E-state index contributed by atoms with van der Waals surface area (Å²) in [7, 11) is 1.16. The van der Waals surface area contributed by atoms with E-state index in [1.807, 2.05) is 38.1 Å². The summed E-state index contributed by atoms with van der Waals surface area (Å²) in [6.07, 6.45) is -3.43. The van der Waals surface area contributed by atoms with Crippen molar-refractivity contribution in [2.45, 2.75) is 39.4 Å². The Balaban J connectivity index is 2.67. The number of amides is 1. The average Bonchev–Trinajstić information content (AvgIpc) is 2.45. The normalized spacial score (nSPS) is 13.2. The van der Waals surface area contributed by atoms with Crippen LogP contribution in [-0.2, 0) is 11.2 Å². The summed E-state index contributed by atoms with van der Waals surface area (Å²) < 4.78 is 36.9. The molecule has 130 valence electrons. The number of likely N-dealkylation sites (N-methyl/N-ethyl adjacent to an activating group) is 1. The molecular weight excluding hydrogens is 305 g/mol. The molecule has 1 amide bonds. The van der Waals surface area contributed by atoms with E-state index in [-0.39, 0.29) is 18.5 Å². The van der Waals surface area contributed by atoms with Crippen LogP contribution in [-0.4, -0.2) is 37.1 Å². The predicted octanol–water partition coefficient (Wildman–Crippen LogP) is 3.56. The minimum Gasteiger partial charge on any atom is -0.336 e. The highest BCUT2D eigenvalue weighted by molar-refractivity contribution is 5.78. The van der Waals surface area contributed by atoms with Gasteiger partial charge in [-0.1, -0.05) is 45.0 Å². The van der Waals surface area contributed by atoms with Crippen LogP contribution in [0.5, 0.6) is 0 Å². The summed E-state index contributed by atoms with van der Waals surface area (Å²) >= 11 is 0. The molecule has 1 aromatic carbocycles. The molecule has 1 unspecified atom stereocenters. The average molecular weight is 330 g/mol. The Bertz CT molecular complexity index is 498. The van der Waals surface area contributed by atoms with Crippen LogP contribution in [0.25, 0.3) is 0 Å². The molecule has 0 aliphatic carbocycles. The zero-order valence-corrected chi connectivity index (χ0v) is 14.1. The van der Waals surface area contributed by atoms with Gasteiger partial charge in [-0.3, -0.25) is 4.79 Å². The van der Waals surface area contributed by atoms with Crippen molar-refractivity contribution in [3.05, 3.63) is 35.4 Å². The molecule has 0 fully saturated rings. The van der Waals surface area contributed by atoms with Gasteiger partial charge in [0.05, 0.1) is 6.54 Å². The Morgan fingerprint density at radius 1 is 1.22 bits per heavy atom. The lowest BCUT2D eigenvalue weighted by atomic mass is 9.95. The number of hydrogen-bond acceptors (Lipinski definition) is 2. The smallest absolute Gasteiger partial charge is 0.336 e. The highest BCUT2D eigenvalue weighted by Crippen LogP contribution is 2.22. The van der Waals surface area contributed by atoms with E-state index in [4.69, 9.17) is 0 Å². The minimum absolute atomic E-state index is 0.0795. The van der Waals surface area contributed by atoms with Crippen LogP contribution >= 0.6 is 0 Å². The van der Waals surface area contributed by atoms with Gasteiger partial charge in [0.25, 0.3) is 0 Å². The molecule has 1 N–H and O–H groups in total. The van der Waals surface area contributed by atoms with E-state index < -0.39 is 18.6 Å². The number of carbonyl (C=O) groups excluding carboxylic acids is 1. The summed E-state index contributed by atoms with van der Waals surface area (Å²) in [6, 6.07) is 7.98. The Morgan fingerprint density at radius 2 is 1.78 bits per heavy atom. The van der Waals surface area contributed by atoms with E-state index in [0.29, 0.717) is 4.90 Å². The van der Waals surface area contributed by atoms with E-state index in [0.717, 1.165) is 19.0 Å². The van der Waals surface area contributed by atoms with E-state index >= 15 is 0 Å². The first-order valence-corrected chi connectivity index (χ1v) is 7.77. The summed E-state index contributed by atoms with van der Waals surface area (Å²) in [5.41, 5.74) is 2.25. The molecule has 0 aromatic heterocycles. The monoisotopic (exact) mass is 330 g/mol. The molecule has 0 radical (unpaired) electrons. The van der Waals surface area contributed by atoms with Crippen molar-refractivity contribution in [1.82, 2.24) is 10.2 Å². The van der Waals surface area contributed by atoms with Gasteiger partial charge in [0.2, 0.25) is 5.91 Å². The second kappa shape index (κ2) is 8.34. The van der Waals surface area contributed by atoms with Crippen molar-refractivity contribution in [2.24, 2.45) is 5.92 Å². The fourth-order valence-corrected chi connectivity index (χ4v) is 2.39. The number of nitrogens with zero attached hydrogens (tertiary/aromatic N) is 1. The van der Waals surface area contributed by atoms with Gasteiger partial charge >= 0.3 is 6.18 Å². The molecule has 0 bridgehead atoms. The summed E-state index contributed by atoms with van der Waals surface area (Å²) in [6.45, 7) is 4.74. The van der Waals surface area contributed by atoms with Gasteiger partial charge in [0.15, 0.2) is 0 Å². The summed E-state index contributed by atoms with van der Waals surface area (Å²) in [4.78, 5) is 12.5. The van der Waals surface area contributed by atoms with Crippen LogP contribution in [0.1, 0.15) is 37.9 Å². The molecule has 6 heteroatoms. The molecule has 0 aliphatic heterocycles. The standard InChI is InChI=1S/C17H25F3N2O/c1-5-13-6-8-14(9-7-13)16(12(2)3)21-10-15(23)22(4)11-17(18,19)20/h6-9,12,16,21H,5,10-11H2,1-4H3. The number of aryl methyl sites for hydroxylation is 1. The van der Waals surface area contributed by atoms with Gasteiger partial charge in [-0.15, -0.1) is 0 Å². The molecule has 0 heterocycles. The molecule has 1 atom stereocenters. The number of carbonyl (C=O) groups is 1. The molecule has 0 saturated carbocycles. The van der Waals surface area contributed by atoms with E-state index in [1.54, 1.807) is 0 Å². The number of alkyl halides is 3. The van der Waals surface area contributed by atoms with Crippen molar-refractivity contribution >= 4 is 5.91 Å². The third-order valence-corrected chi connectivity index (χ3v) is 3.73. The lowest BCUT2D eigenvalue weighted by Gasteiger charge is -2.25. The Morgan fingerprint density at radius 3 is 2.22 bits per heavy atom. The second-order valence-electron chi connectivity index (χ2n) is 6.06. The maximum atomic E-state index is 12.3. The zero-order valence-electron chi connectivity index (χ0n) is 14.1. The fourth-order valence-electron chi connectivity index (χ4n) is 2.39. The highest BCUT2D eigenvalue weighted by atomic mass is 19.4. The third kappa shape index (κ3) is 6.60. The summed E-state index contributed by atoms with van der Waals surface area (Å²) in [5, 5.41) is 3.08. The minimum atomic E-state index is -4.38. The Hall–Kier alpha value is -1.56. The first-order valence-electron chi connectivity index (χ1n) is 7.77. The molecule has 0 aliphatic rings. The van der Waals surface area contributed by atoms with Crippen molar-refractivity contribution in [3.8, 4) is 0 Å². The van der Waals surface area contributed by atoms with Crippen molar-refractivity contribution in [1.29, 1.82) is 0 Å². The Kier molecular flexibility index (Phi) is 7.06. The second-order valence-corrected chi connectivity index (χ2v) is 6.06. The zero-order chi connectivity index (χ0) is 17.6. The molecular formula is C17H25F3N2O. The van der Waals surface area contributed by atoms with E-state index in [2.05, 4.69) is 12.2 Å². The SMILES string of the molecule is CCc1ccc(C(NCC(=O)N(C)CC(F)(F)F)C(C)C)cc1.